The van der Waals surface area contributed by atoms with Crippen molar-refractivity contribution in [2.45, 2.75) is 36.5 Å². The molecule has 1 aromatic rings. The molecule has 0 radical (unpaired) electrons. The quantitative estimate of drug-likeness (QED) is 0.870. The molecule has 2 rings (SSSR count). The third kappa shape index (κ3) is 4.46. The lowest BCUT2D eigenvalue weighted by atomic mass is 10.1. The molecule has 1 aromatic carbocycles. The number of amides is 1. The van der Waals surface area contributed by atoms with E-state index in [9.17, 15) is 13.2 Å². The van der Waals surface area contributed by atoms with Crippen LogP contribution in [0.3, 0.4) is 0 Å². The standard InChI is InChI=1S/C14H20N2O3S2/c1-10(2)5-7-15-21(18,19)11-3-4-13-12(9-11)16-14(17)6-8-20-13/h3-4,9-10,15H,5-8H2,1-2H3,(H,16,17). The van der Waals surface area contributed by atoms with Crippen LogP contribution in [-0.4, -0.2) is 26.6 Å². The summed E-state index contributed by atoms with van der Waals surface area (Å²) in [4.78, 5) is 12.7. The fourth-order valence-electron chi connectivity index (χ4n) is 1.93. The second-order valence-corrected chi connectivity index (χ2v) is 8.29. The molecule has 0 saturated carbocycles. The van der Waals surface area contributed by atoms with E-state index in [-0.39, 0.29) is 10.8 Å². The largest absolute Gasteiger partial charge is 0.325 e. The highest BCUT2D eigenvalue weighted by Gasteiger charge is 2.19. The first kappa shape index (κ1) is 16.3. The van der Waals surface area contributed by atoms with E-state index in [1.54, 1.807) is 23.9 Å². The number of fused-ring (bicyclic) bond motifs is 1. The zero-order valence-electron chi connectivity index (χ0n) is 12.2. The van der Waals surface area contributed by atoms with Crippen molar-refractivity contribution in [2.24, 2.45) is 5.92 Å². The number of carbonyl (C=O) groups excluding carboxylic acids is 1. The monoisotopic (exact) mass is 328 g/mol. The Hall–Kier alpha value is -1.05. The summed E-state index contributed by atoms with van der Waals surface area (Å²) in [7, 11) is -3.53. The molecule has 0 unspecified atom stereocenters. The molecule has 116 valence electrons. The predicted octanol–water partition coefficient (Wildman–Crippen LogP) is 2.45. The number of anilines is 1. The minimum absolute atomic E-state index is 0.0800. The summed E-state index contributed by atoms with van der Waals surface area (Å²) in [5.41, 5.74) is 0.578. The van der Waals surface area contributed by atoms with Crippen LogP contribution < -0.4 is 10.0 Å². The van der Waals surface area contributed by atoms with Crippen molar-refractivity contribution in [3.05, 3.63) is 18.2 Å². The van der Waals surface area contributed by atoms with E-state index < -0.39 is 10.0 Å². The molecule has 0 atom stereocenters. The van der Waals surface area contributed by atoms with Crippen molar-refractivity contribution < 1.29 is 13.2 Å². The summed E-state index contributed by atoms with van der Waals surface area (Å²) >= 11 is 1.56. The number of sulfonamides is 1. The Morgan fingerprint density at radius 2 is 2.14 bits per heavy atom. The Morgan fingerprint density at radius 1 is 1.38 bits per heavy atom. The van der Waals surface area contributed by atoms with Gasteiger partial charge in [0.15, 0.2) is 0 Å². The van der Waals surface area contributed by atoms with Gasteiger partial charge in [-0.15, -0.1) is 11.8 Å². The zero-order chi connectivity index (χ0) is 15.5. The maximum absolute atomic E-state index is 12.2. The second-order valence-electron chi connectivity index (χ2n) is 5.38. The second kappa shape index (κ2) is 6.81. The normalized spacial score (nSPS) is 15.5. The molecule has 2 N–H and O–H groups in total. The molecule has 1 aliphatic heterocycles. The maximum Gasteiger partial charge on any atom is 0.240 e. The summed E-state index contributed by atoms with van der Waals surface area (Å²) in [6, 6.07) is 4.87. The predicted molar refractivity (Wildman–Crippen MR) is 85.1 cm³/mol. The van der Waals surface area contributed by atoms with Crippen LogP contribution in [0.25, 0.3) is 0 Å². The van der Waals surface area contributed by atoms with Crippen LogP contribution in [0.2, 0.25) is 0 Å². The van der Waals surface area contributed by atoms with Gasteiger partial charge in [0.05, 0.1) is 10.6 Å². The highest BCUT2D eigenvalue weighted by molar-refractivity contribution is 7.99. The van der Waals surface area contributed by atoms with Crippen LogP contribution in [0.5, 0.6) is 0 Å². The molecule has 0 fully saturated rings. The molecule has 5 nitrogen and oxygen atoms in total. The third-order valence-corrected chi connectivity index (χ3v) is 5.67. The molecule has 0 saturated heterocycles. The van der Waals surface area contributed by atoms with Gasteiger partial charge in [0.1, 0.15) is 0 Å². The van der Waals surface area contributed by atoms with Crippen molar-refractivity contribution in [1.29, 1.82) is 0 Å². The molecular formula is C14H20N2O3S2. The molecule has 0 aliphatic carbocycles. The van der Waals surface area contributed by atoms with Crippen LogP contribution in [0.1, 0.15) is 26.7 Å². The summed E-state index contributed by atoms with van der Waals surface area (Å²) in [6.07, 6.45) is 1.23. The van der Waals surface area contributed by atoms with Gasteiger partial charge in [-0.3, -0.25) is 4.79 Å². The molecule has 1 amide bonds. The zero-order valence-corrected chi connectivity index (χ0v) is 13.8. The van der Waals surface area contributed by atoms with Gasteiger partial charge in [-0.05, 0) is 30.5 Å². The fraction of sp³-hybridized carbons (Fsp3) is 0.500. The number of thioether (sulfide) groups is 1. The molecule has 0 spiro atoms. The van der Waals surface area contributed by atoms with E-state index in [2.05, 4.69) is 10.0 Å². The van der Waals surface area contributed by atoms with Gasteiger partial charge in [-0.25, -0.2) is 13.1 Å². The Bertz CT molecular complexity index is 627. The maximum atomic E-state index is 12.2. The Kier molecular flexibility index (Phi) is 5.29. The highest BCUT2D eigenvalue weighted by Crippen LogP contribution is 2.32. The van der Waals surface area contributed by atoms with Crippen LogP contribution in [0.4, 0.5) is 5.69 Å². The van der Waals surface area contributed by atoms with Gasteiger partial charge in [-0.2, -0.15) is 0 Å². The first-order valence-electron chi connectivity index (χ1n) is 6.95. The number of carbonyl (C=O) groups is 1. The molecular weight excluding hydrogens is 308 g/mol. The van der Waals surface area contributed by atoms with Crippen molar-refractivity contribution in [3.63, 3.8) is 0 Å². The third-order valence-electron chi connectivity index (χ3n) is 3.14. The lowest BCUT2D eigenvalue weighted by Crippen LogP contribution is -2.25. The smallest absolute Gasteiger partial charge is 0.240 e. The van der Waals surface area contributed by atoms with E-state index >= 15 is 0 Å². The number of hydrogen-bond acceptors (Lipinski definition) is 4. The first-order valence-corrected chi connectivity index (χ1v) is 9.42. The van der Waals surface area contributed by atoms with Gasteiger partial charge in [0.25, 0.3) is 0 Å². The van der Waals surface area contributed by atoms with Crippen molar-refractivity contribution in [1.82, 2.24) is 4.72 Å². The molecule has 0 aromatic heterocycles. The molecule has 1 heterocycles. The van der Waals surface area contributed by atoms with Crippen LogP contribution in [0, 0.1) is 5.92 Å². The lowest BCUT2D eigenvalue weighted by molar-refractivity contribution is -0.115. The average molecular weight is 328 g/mol. The minimum atomic E-state index is -3.53. The van der Waals surface area contributed by atoms with Crippen molar-refractivity contribution in [2.75, 3.05) is 17.6 Å². The van der Waals surface area contributed by atoms with Gasteiger partial charge < -0.3 is 5.32 Å². The minimum Gasteiger partial charge on any atom is -0.325 e. The number of rotatable bonds is 5. The van der Waals surface area contributed by atoms with Crippen molar-refractivity contribution in [3.8, 4) is 0 Å². The van der Waals surface area contributed by atoms with Crippen LogP contribution in [0.15, 0.2) is 28.0 Å². The fourth-order valence-corrected chi connectivity index (χ4v) is 3.94. The number of benzene rings is 1. The van der Waals surface area contributed by atoms with Gasteiger partial charge >= 0.3 is 0 Å². The Labute approximate surface area is 129 Å². The van der Waals surface area contributed by atoms with E-state index in [1.165, 1.54) is 6.07 Å². The Morgan fingerprint density at radius 3 is 2.86 bits per heavy atom. The van der Waals surface area contributed by atoms with Crippen LogP contribution >= 0.6 is 11.8 Å². The molecule has 7 heteroatoms. The summed E-state index contributed by atoms with van der Waals surface area (Å²) in [5, 5.41) is 2.76. The number of nitrogens with one attached hydrogen (secondary N) is 2. The molecule has 0 bridgehead atoms. The number of hydrogen-bond donors (Lipinski definition) is 2. The highest BCUT2D eigenvalue weighted by atomic mass is 32.2. The lowest BCUT2D eigenvalue weighted by Gasteiger charge is -2.11. The SMILES string of the molecule is CC(C)CCNS(=O)(=O)c1ccc2c(c1)NC(=O)CCS2. The summed E-state index contributed by atoms with van der Waals surface area (Å²) in [5.74, 6) is 1.07. The van der Waals surface area contributed by atoms with E-state index in [0.29, 0.717) is 30.3 Å². The van der Waals surface area contributed by atoms with E-state index in [4.69, 9.17) is 0 Å². The van der Waals surface area contributed by atoms with E-state index in [1.807, 2.05) is 13.8 Å². The Balaban J connectivity index is 2.18. The van der Waals surface area contributed by atoms with Crippen LogP contribution in [-0.2, 0) is 14.8 Å². The topological polar surface area (TPSA) is 75.3 Å². The summed E-state index contributed by atoms with van der Waals surface area (Å²) in [6.45, 7) is 4.51. The van der Waals surface area contributed by atoms with Crippen molar-refractivity contribution >= 4 is 33.4 Å². The van der Waals surface area contributed by atoms with Gasteiger partial charge in [-0.1, -0.05) is 13.8 Å². The average Bonchev–Trinajstić information content (AvgIpc) is 2.57. The molecule has 1 aliphatic rings. The summed E-state index contributed by atoms with van der Waals surface area (Å²) < 4.78 is 27.1. The molecule has 21 heavy (non-hydrogen) atoms. The van der Waals surface area contributed by atoms with Gasteiger partial charge in [0, 0.05) is 23.6 Å². The van der Waals surface area contributed by atoms with E-state index in [0.717, 1.165) is 11.3 Å². The van der Waals surface area contributed by atoms with Gasteiger partial charge in [0.2, 0.25) is 15.9 Å². The first-order chi connectivity index (χ1) is 9.88.